The number of ketones is 3. The van der Waals surface area contributed by atoms with Crippen LogP contribution in [0.5, 0.6) is 0 Å². The van der Waals surface area contributed by atoms with E-state index in [2.05, 4.69) is 31.9 Å². The van der Waals surface area contributed by atoms with Crippen molar-refractivity contribution in [1.29, 1.82) is 0 Å². The maximum atomic E-state index is 14.7. The molecule has 588 valence electrons. The lowest BCUT2D eigenvalue weighted by molar-refractivity contribution is -0.143. The Balaban J connectivity index is 7.60. The van der Waals surface area contributed by atoms with E-state index in [1.54, 1.807) is 6.92 Å². The highest BCUT2D eigenvalue weighted by molar-refractivity contribution is 8.77. The van der Waals surface area contributed by atoms with E-state index in [4.69, 9.17) is 14.9 Å². The number of aliphatic carboxylic acids is 3. The fourth-order valence-corrected chi connectivity index (χ4v) is 13.2. The molecule has 0 fully saturated rings. The predicted octanol–water partition coefficient (Wildman–Crippen LogP) is -7.51. The smallest absolute Gasteiger partial charge is 0.327 e. The topological polar surface area (TPSA) is 667 Å². The van der Waals surface area contributed by atoms with Crippen LogP contribution in [0.4, 0.5) is 0 Å². The van der Waals surface area contributed by atoms with Gasteiger partial charge in [-0.2, -0.15) is 0 Å². The minimum absolute atomic E-state index is 0.0642. The lowest BCUT2D eigenvalue weighted by Crippen LogP contribution is -2.50. The van der Waals surface area contributed by atoms with Crippen LogP contribution in [0.1, 0.15) is 117 Å². The van der Waals surface area contributed by atoms with Crippen LogP contribution in [-0.2, 0) is 67.1 Å². The van der Waals surface area contributed by atoms with Crippen LogP contribution in [0.2, 0.25) is 0 Å². The standard InChI is InChI=1S/C60H102N6O32S4/c1-3-17-99-102-29-36(60(96)97)66-59(95)32(7-12-47(81)63-25-41(75)53(89)56(92)44(78)28-69)22-38(72)35(9-14-49(84)85)65-58(94)31(6-11-46(80)62-24-40(74)52(88)55(91)43(77)27-68)21-37(71)34(8-13-48(82)83)64-57(93)30(20-33(70)15-18-100-101-19-16-98-50(86)4-2)5-10-45(79)61-23-39(73)51(87)54(90)42(76)26-67/h30-32,34-36,39-44,51-56,67-69,73-78,87-92H,3-29H2,1-2H3,(H,61,79)(H,62,80)(H,63,81)(H,64,93)(H,65,94)(H,66,95)(H,82,83)(H,84,85)(H,96,97)/t30-,31-,32-,34+,35+,36+,39+,40+,41+,42-,43-,44-,51-,52-,53-,54-,55-,56-/m1/s1. The lowest BCUT2D eigenvalue weighted by Gasteiger charge is -2.26. The van der Waals surface area contributed by atoms with Crippen molar-refractivity contribution in [3.05, 3.63) is 0 Å². The number of amides is 6. The average Bonchev–Trinajstić information content (AvgIpc) is 0.862. The van der Waals surface area contributed by atoms with Gasteiger partial charge in [0.1, 0.15) is 73.4 Å². The third kappa shape index (κ3) is 40.7. The number of carboxylic acids is 3. The normalized spacial score (nSPS) is 16.8. The van der Waals surface area contributed by atoms with Crippen LogP contribution >= 0.6 is 43.2 Å². The SMILES string of the molecule is CCCSSC[C@H](NC(=O)[C@H](CCC(=O)NC[C@H](O)[C@@H](O)[C@H](O)[C@H](O)CO)CC(=O)[C@H](CCC(=O)O)NC(=O)[C@H](CCC(=O)NC[C@H](O)[C@@H](O)[C@H](O)[C@H](O)CO)CC(=O)[C@H](CCC(=O)O)NC(=O)[C@H](CCC(=O)NC[C@H](O)[C@@H](O)[C@H](O)[C@H](O)CO)CC(=O)CCSSCCOC(=O)CC)C(=O)O. The van der Waals surface area contributed by atoms with E-state index in [-0.39, 0.29) is 31.0 Å². The molecule has 0 saturated carbocycles. The predicted molar refractivity (Wildman–Crippen MR) is 363 cm³/mol. The number of esters is 1. The summed E-state index contributed by atoms with van der Waals surface area (Å²) in [6.07, 6.45) is -33.7. The Hall–Kier alpha value is -5.49. The zero-order chi connectivity index (χ0) is 77.8. The zero-order valence-corrected chi connectivity index (χ0v) is 59.6. The van der Waals surface area contributed by atoms with Crippen molar-refractivity contribution in [3.8, 4) is 0 Å². The maximum Gasteiger partial charge on any atom is 0.327 e. The van der Waals surface area contributed by atoms with Gasteiger partial charge < -0.3 is 129 Å². The summed E-state index contributed by atoms with van der Waals surface area (Å²) < 4.78 is 5.02. The Morgan fingerprint density at radius 3 is 1.05 bits per heavy atom. The van der Waals surface area contributed by atoms with E-state index in [9.17, 15) is 144 Å². The number of Topliss-reactive ketones (excluding diaryl/α,β-unsaturated/α-hetero) is 3. The Morgan fingerprint density at radius 1 is 0.382 bits per heavy atom. The molecule has 102 heavy (non-hydrogen) atoms. The fraction of sp³-hybridized carbons (Fsp3) is 0.783. The molecule has 18 atom stereocenters. The first kappa shape index (κ1) is 96.5. The monoisotopic (exact) mass is 1550 g/mol. The van der Waals surface area contributed by atoms with Crippen LogP contribution < -0.4 is 31.9 Å². The first-order valence-electron chi connectivity index (χ1n) is 32.6. The van der Waals surface area contributed by atoms with Gasteiger partial charge in [0.05, 0.1) is 50.2 Å². The molecule has 0 aliphatic heterocycles. The molecule has 0 aromatic carbocycles. The van der Waals surface area contributed by atoms with Crippen LogP contribution in [0, 0.1) is 17.8 Å². The molecule has 0 aromatic rings. The molecule has 0 aliphatic carbocycles. The molecule has 0 spiro atoms. The fourth-order valence-electron chi connectivity index (χ4n) is 9.04. The Bertz CT molecular complexity index is 2610. The number of carboxylic acid groups (broad SMARTS) is 3. The molecule has 0 saturated heterocycles. The summed E-state index contributed by atoms with van der Waals surface area (Å²) in [6, 6.07) is -5.46. The van der Waals surface area contributed by atoms with E-state index in [0.29, 0.717) is 17.9 Å². The van der Waals surface area contributed by atoms with Crippen molar-refractivity contribution < 1.29 is 159 Å². The van der Waals surface area contributed by atoms with Gasteiger partial charge in [-0.3, -0.25) is 57.5 Å². The lowest BCUT2D eigenvalue weighted by atomic mass is 9.89. The number of carbonyl (C=O) groups is 13. The molecular weight excluding hydrogens is 1440 g/mol. The van der Waals surface area contributed by atoms with Gasteiger partial charge in [0.15, 0.2) is 11.6 Å². The summed E-state index contributed by atoms with van der Waals surface area (Å²) >= 11 is 0. The molecule has 6 amide bonds. The summed E-state index contributed by atoms with van der Waals surface area (Å²) in [5, 5.41) is 192. The van der Waals surface area contributed by atoms with E-state index in [1.807, 2.05) is 6.92 Å². The van der Waals surface area contributed by atoms with Crippen LogP contribution in [-0.4, -0.2) is 329 Å². The summed E-state index contributed by atoms with van der Waals surface area (Å²) in [4.78, 5) is 173. The third-order valence-corrected chi connectivity index (χ3v) is 20.3. The highest BCUT2D eigenvalue weighted by Crippen LogP contribution is 2.26. The second-order valence-electron chi connectivity index (χ2n) is 23.6. The number of hydrogen-bond acceptors (Lipinski definition) is 33. The summed E-state index contributed by atoms with van der Waals surface area (Å²) in [5.41, 5.74) is 0. The van der Waals surface area contributed by atoms with Gasteiger partial charge in [0, 0.05) is 125 Å². The highest BCUT2D eigenvalue weighted by atomic mass is 33.1. The van der Waals surface area contributed by atoms with Crippen molar-refractivity contribution in [1.82, 2.24) is 31.9 Å². The molecule has 42 heteroatoms. The van der Waals surface area contributed by atoms with Gasteiger partial charge in [-0.05, 0) is 38.5 Å². The molecule has 0 heterocycles. The number of aliphatic hydroxyl groups is 15. The number of rotatable bonds is 61. The molecule has 0 aliphatic rings. The van der Waals surface area contributed by atoms with Crippen molar-refractivity contribution in [2.45, 2.75) is 208 Å². The van der Waals surface area contributed by atoms with Gasteiger partial charge >= 0.3 is 23.9 Å². The first-order chi connectivity index (χ1) is 48.0. The number of nitrogens with one attached hydrogen (secondary N) is 6. The van der Waals surface area contributed by atoms with Gasteiger partial charge in [-0.25, -0.2) is 4.79 Å². The van der Waals surface area contributed by atoms with Crippen LogP contribution in [0.15, 0.2) is 0 Å². The van der Waals surface area contributed by atoms with E-state index in [1.165, 1.54) is 32.4 Å². The molecule has 0 aromatic heterocycles. The molecular formula is C60H102N6O32S4. The second-order valence-corrected chi connectivity index (χ2v) is 28.9. The minimum atomic E-state index is -2.17. The number of carbonyl (C=O) groups excluding carboxylic acids is 10. The summed E-state index contributed by atoms with van der Waals surface area (Å²) in [5.74, 6) is -18.7. The molecule has 0 bridgehead atoms. The molecule has 0 radical (unpaired) electrons. The zero-order valence-electron chi connectivity index (χ0n) is 56.4. The van der Waals surface area contributed by atoms with Gasteiger partial charge in [0.2, 0.25) is 35.4 Å². The van der Waals surface area contributed by atoms with E-state index in [0.717, 1.165) is 10.8 Å². The van der Waals surface area contributed by atoms with Crippen molar-refractivity contribution in [2.24, 2.45) is 17.8 Å². The van der Waals surface area contributed by atoms with Crippen LogP contribution in [0.3, 0.4) is 0 Å². The first-order valence-corrected chi connectivity index (χ1v) is 37.6. The van der Waals surface area contributed by atoms with E-state index >= 15 is 0 Å². The Kier molecular flexibility index (Phi) is 51.2. The largest absolute Gasteiger partial charge is 0.481 e. The van der Waals surface area contributed by atoms with Crippen molar-refractivity contribution in [3.63, 3.8) is 0 Å². The molecule has 38 nitrogen and oxygen atoms in total. The third-order valence-electron chi connectivity index (χ3n) is 15.3. The molecule has 24 N–H and O–H groups in total. The molecule has 0 rings (SSSR count). The summed E-state index contributed by atoms with van der Waals surface area (Å²) in [6.45, 7) is -2.01. The second kappa shape index (κ2) is 54.2. The number of aliphatic hydroxyl groups excluding tert-OH is 15. The van der Waals surface area contributed by atoms with E-state index < -0.39 is 309 Å². The average molecular weight is 1550 g/mol. The Labute approximate surface area is 602 Å². The Morgan fingerprint density at radius 2 is 0.716 bits per heavy atom. The van der Waals surface area contributed by atoms with Crippen LogP contribution in [0.25, 0.3) is 0 Å². The van der Waals surface area contributed by atoms with Gasteiger partial charge in [-0.1, -0.05) is 57.0 Å². The van der Waals surface area contributed by atoms with Gasteiger partial charge in [-0.15, -0.1) is 0 Å². The molecule has 0 unspecified atom stereocenters. The maximum absolute atomic E-state index is 14.7. The quantitative estimate of drug-likeness (QED) is 0.0153. The number of ether oxygens (including phenoxy) is 1. The van der Waals surface area contributed by atoms with Crippen molar-refractivity contribution >= 4 is 120 Å². The number of hydrogen-bond donors (Lipinski definition) is 24. The van der Waals surface area contributed by atoms with Gasteiger partial charge in [0.25, 0.3) is 0 Å². The van der Waals surface area contributed by atoms with Crippen molar-refractivity contribution in [2.75, 3.05) is 69.1 Å². The summed E-state index contributed by atoms with van der Waals surface area (Å²) in [7, 11) is 4.79. The highest BCUT2D eigenvalue weighted by Gasteiger charge is 2.38. The minimum Gasteiger partial charge on any atom is -0.481 e.